The predicted octanol–water partition coefficient (Wildman–Crippen LogP) is 0.993. The van der Waals surface area contributed by atoms with Crippen LogP contribution in [0.25, 0.3) is 0 Å². The maximum Gasteiger partial charge on any atom is 0.243 e. The molecule has 2 rings (SSSR count). The van der Waals surface area contributed by atoms with E-state index in [0.29, 0.717) is 23.9 Å². The summed E-state index contributed by atoms with van der Waals surface area (Å²) in [5, 5.41) is 6.97. The van der Waals surface area contributed by atoms with Crippen molar-refractivity contribution < 1.29 is 9.53 Å². The molecule has 2 aliphatic rings. The highest BCUT2D eigenvalue weighted by Crippen LogP contribution is 2.18. The van der Waals surface area contributed by atoms with Gasteiger partial charge in [0.2, 0.25) is 5.91 Å². The molecule has 0 aromatic rings. The van der Waals surface area contributed by atoms with Gasteiger partial charge in [0.1, 0.15) is 6.54 Å². The number of likely N-dealkylation sites (tertiary alicyclic amines) is 1. The topological polar surface area (TPSA) is 69.2 Å². The minimum absolute atomic E-state index is 0. The van der Waals surface area contributed by atoms with Gasteiger partial charge >= 0.3 is 0 Å². The highest BCUT2D eigenvalue weighted by molar-refractivity contribution is 14.0. The third-order valence-electron chi connectivity index (χ3n) is 5.15. The molecule has 0 aliphatic carbocycles. The predicted molar refractivity (Wildman–Crippen MR) is 116 cm³/mol. The van der Waals surface area contributed by atoms with Crippen LogP contribution in [0.15, 0.2) is 4.99 Å². The van der Waals surface area contributed by atoms with Gasteiger partial charge in [-0.1, -0.05) is 6.92 Å². The van der Waals surface area contributed by atoms with Crippen LogP contribution in [0.4, 0.5) is 0 Å². The van der Waals surface area contributed by atoms with Crippen molar-refractivity contribution in [3.8, 4) is 0 Å². The van der Waals surface area contributed by atoms with Crippen LogP contribution >= 0.6 is 24.0 Å². The number of amides is 1. The number of hydrogen-bond donors (Lipinski definition) is 2. The van der Waals surface area contributed by atoms with Crippen LogP contribution in [0, 0.1) is 11.8 Å². The molecule has 1 amide bonds. The molecule has 3 atom stereocenters. The van der Waals surface area contributed by atoms with Crippen LogP contribution in [-0.2, 0) is 9.53 Å². The van der Waals surface area contributed by atoms with Gasteiger partial charge in [-0.15, -0.1) is 24.0 Å². The van der Waals surface area contributed by atoms with Crippen LogP contribution in [0.5, 0.6) is 0 Å². The summed E-state index contributed by atoms with van der Waals surface area (Å²) >= 11 is 0. The van der Waals surface area contributed by atoms with E-state index in [2.05, 4.69) is 41.3 Å². The number of carbonyl (C=O) groups excluding carboxylic acids is 1. The van der Waals surface area contributed by atoms with Crippen molar-refractivity contribution in [1.29, 1.82) is 0 Å². The molecule has 0 radical (unpaired) electrons. The summed E-state index contributed by atoms with van der Waals surface area (Å²) in [6, 6.07) is 0.900. The van der Waals surface area contributed by atoms with E-state index in [1.165, 1.54) is 0 Å². The van der Waals surface area contributed by atoms with Gasteiger partial charge in [-0.25, -0.2) is 4.99 Å². The molecule has 2 saturated heterocycles. The lowest BCUT2D eigenvalue weighted by molar-refractivity contribution is -0.127. The summed E-state index contributed by atoms with van der Waals surface area (Å²) in [6.07, 6.45) is 1.08. The van der Waals surface area contributed by atoms with E-state index in [-0.39, 0.29) is 36.4 Å². The summed E-state index contributed by atoms with van der Waals surface area (Å²) in [4.78, 5) is 20.5. The number of nitrogens with zero attached hydrogens (tertiary/aromatic N) is 3. The molecule has 2 aliphatic heterocycles. The SMILES string of the molecule is CC1CN(C(C)C)CC1NC(=NCC(=O)N(C)C)NCC1CCOC1.I. The smallest absolute Gasteiger partial charge is 0.243 e. The Morgan fingerprint density at radius 3 is 2.62 bits per heavy atom. The fourth-order valence-electron chi connectivity index (χ4n) is 3.22. The average Bonchev–Trinajstić information content (AvgIpc) is 3.19. The molecule has 8 heteroatoms. The monoisotopic (exact) mass is 481 g/mol. The van der Waals surface area contributed by atoms with Gasteiger partial charge in [-0.05, 0) is 26.2 Å². The summed E-state index contributed by atoms with van der Waals surface area (Å²) in [5.41, 5.74) is 0. The maximum absolute atomic E-state index is 11.9. The van der Waals surface area contributed by atoms with E-state index >= 15 is 0 Å². The molecular weight excluding hydrogens is 445 g/mol. The zero-order valence-electron chi connectivity index (χ0n) is 16.8. The van der Waals surface area contributed by atoms with Crippen molar-refractivity contribution in [2.45, 2.75) is 39.3 Å². The summed E-state index contributed by atoms with van der Waals surface area (Å²) in [7, 11) is 3.52. The third kappa shape index (κ3) is 7.19. The Bertz CT molecular complexity index is 466. The summed E-state index contributed by atoms with van der Waals surface area (Å²) < 4.78 is 5.44. The van der Waals surface area contributed by atoms with Crippen LogP contribution in [0.2, 0.25) is 0 Å². The van der Waals surface area contributed by atoms with Crippen LogP contribution in [0.1, 0.15) is 27.2 Å². The van der Waals surface area contributed by atoms with Gasteiger partial charge in [0.05, 0.1) is 6.61 Å². The number of ether oxygens (including phenoxy) is 1. The fraction of sp³-hybridized carbons (Fsp3) is 0.889. The van der Waals surface area contributed by atoms with Crippen molar-refractivity contribution >= 4 is 35.8 Å². The second-order valence-corrected chi connectivity index (χ2v) is 7.84. The molecule has 2 N–H and O–H groups in total. The maximum atomic E-state index is 11.9. The van der Waals surface area contributed by atoms with E-state index < -0.39 is 0 Å². The first kappa shape index (κ1) is 23.4. The van der Waals surface area contributed by atoms with Crippen LogP contribution in [-0.4, -0.2) is 87.2 Å². The molecule has 7 nitrogen and oxygen atoms in total. The number of nitrogens with one attached hydrogen (secondary N) is 2. The van der Waals surface area contributed by atoms with Crippen LogP contribution < -0.4 is 10.6 Å². The number of aliphatic imine (C=N–C) groups is 1. The highest BCUT2D eigenvalue weighted by atomic mass is 127. The first-order valence-electron chi connectivity index (χ1n) is 9.43. The van der Waals surface area contributed by atoms with Crippen molar-refractivity contribution in [2.24, 2.45) is 16.8 Å². The number of halogens is 1. The number of carbonyl (C=O) groups is 1. The first-order valence-corrected chi connectivity index (χ1v) is 9.43. The highest BCUT2D eigenvalue weighted by Gasteiger charge is 2.31. The lowest BCUT2D eigenvalue weighted by Crippen LogP contribution is -2.48. The Morgan fingerprint density at radius 2 is 2.08 bits per heavy atom. The summed E-state index contributed by atoms with van der Waals surface area (Å²) in [5.74, 6) is 1.82. The van der Waals surface area contributed by atoms with Gasteiger partial charge in [0, 0.05) is 58.3 Å². The zero-order valence-corrected chi connectivity index (χ0v) is 19.2. The molecule has 2 heterocycles. The van der Waals surface area contributed by atoms with E-state index in [1.807, 2.05) is 0 Å². The quantitative estimate of drug-likeness (QED) is 0.337. The van der Waals surface area contributed by atoms with Crippen LogP contribution in [0.3, 0.4) is 0 Å². The first-order chi connectivity index (χ1) is 11.9. The Morgan fingerprint density at radius 1 is 1.35 bits per heavy atom. The standard InChI is InChI=1S/C18H35N5O2.HI/c1-13(2)23-10-14(3)16(11-23)21-18(20-9-17(24)22(4)5)19-8-15-6-7-25-12-15;/h13-16H,6-12H2,1-5H3,(H2,19,20,21);1H. The van der Waals surface area contributed by atoms with Gasteiger partial charge in [0.25, 0.3) is 0 Å². The molecule has 0 saturated carbocycles. The molecule has 0 bridgehead atoms. The number of likely N-dealkylation sites (N-methyl/N-ethyl adjacent to an activating group) is 1. The second-order valence-electron chi connectivity index (χ2n) is 7.84. The molecule has 0 spiro atoms. The second kappa shape index (κ2) is 11.3. The Balaban J connectivity index is 0.00000338. The largest absolute Gasteiger partial charge is 0.381 e. The Hall–Kier alpha value is -0.610. The molecule has 2 fully saturated rings. The number of guanidine groups is 1. The molecule has 0 aromatic heterocycles. The van der Waals surface area contributed by atoms with Gasteiger partial charge in [-0.3, -0.25) is 9.69 Å². The lowest BCUT2D eigenvalue weighted by Gasteiger charge is -2.23. The molecule has 0 aromatic carbocycles. The van der Waals surface area contributed by atoms with E-state index in [0.717, 1.165) is 45.2 Å². The Labute approximate surface area is 175 Å². The molecular formula is C18H36IN5O2. The van der Waals surface area contributed by atoms with Gasteiger partial charge < -0.3 is 20.3 Å². The van der Waals surface area contributed by atoms with E-state index in [1.54, 1.807) is 19.0 Å². The van der Waals surface area contributed by atoms with Gasteiger partial charge in [0.15, 0.2) is 5.96 Å². The van der Waals surface area contributed by atoms with E-state index in [4.69, 9.17) is 4.74 Å². The van der Waals surface area contributed by atoms with Crippen molar-refractivity contribution in [3.05, 3.63) is 0 Å². The van der Waals surface area contributed by atoms with Crippen molar-refractivity contribution in [3.63, 3.8) is 0 Å². The van der Waals surface area contributed by atoms with Crippen molar-refractivity contribution in [1.82, 2.24) is 20.4 Å². The molecule has 152 valence electrons. The normalized spacial score (nSPS) is 26.7. The lowest BCUT2D eigenvalue weighted by atomic mass is 10.1. The zero-order chi connectivity index (χ0) is 18.4. The average molecular weight is 481 g/mol. The number of hydrogen-bond acceptors (Lipinski definition) is 4. The minimum atomic E-state index is 0. The minimum Gasteiger partial charge on any atom is -0.381 e. The molecule has 3 unspecified atom stereocenters. The number of rotatable bonds is 6. The Kier molecular flexibility index (Phi) is 10.2. The molecule has 26 heavy (non-hydrogen) atoms. The summed E-state index contributed by atoms with van der Waals surface area (Å²) in [6.45, 7) is 11.5. The van der Waals surface area contributed by atoms with Gasteiger partial charge in [-0.2, -0.15) is 0 Å². The van der Waals surface area contributed by atoms with E-state index in [9.17, 15) is 4.79 Å². The fourth-order valence-corrected chi connectivity index (χ4v) is 3.22. The third-order valence-corrected chi connectivity index (χ3v) is 5.15. The van der Waals surface area contributed by atoms with Crippen molar-refractivity contribution in [2.75, 3.05) is 53.5 Å².